The van der Waals surface area contributed by atoms with Gasteiger partial charge in [0.1, 0.15) is 0 Å². The van der Waals surface area contributed by atoms with E-state index in [1.54, 1.807) is 0 Å². The van der Waals surface area contributed by atoms with Crippen LogP contribution in [-0.2, 0) is 0 Å². The topological polar surface area (TPSA) is 3.24 Å². The Labute approximate surface area is 345 Å². The second kappa shape index (κ2) is 46.6. The van der Waals surface area contributed by atoms with Crippen LogP contribution in [0.1, 0.15) is 278 Å². The SMILES string of the molecule is CCCCCCCCCCCCCCCCCCCC[N+](C)(C)CCCCN(CCCCCCCCCCCC)CCCCCCCCCCCC.[Cl-]. The van der Waals surface area contributed by atoms with E-state index in [-0.39, 0.29) is 12.4 Å². The number of nitrogens with zero attached hydrogens (tertiary/aromatic N) is 2. The summed E-state index contributed by atoms with van der Waals surface area (Å²) in [6, 6.07) is 0. The fourth-order valence-electron chi connectivity index (χ4n) is 8.41. The second-order valence-corrected chi connectivity index (χ2v) is 18.3. The van der Waals surface area contributed by atoms with Gasteiger partial charge in [-0.1, -0.05) is 239 Å². The first-order valence-corrected chi connectivity index (χ1v) is 25.1. The first-order chi connectivity index (χ1) is 25.6. The Kier molecular flexibility index (Phi) is 48.6. The number of rotatable bonds is 46. The lowest BCUT2D eigenvalue weighted by Crippen LogP contribution is -3.00. The minimum Gasteiger partial charge on any atom is -1.00 e. The first kappa shape index (κ1) is 55.3. The van der Waals surface area contributed by atoms with E-state index in [9.17, 15) is 0 Å². The number of hydrogen-bond donors (Lipinski definition) is 0. The fraction of sp³-hybridized carbons (Fsp3) is 1.00. The summed E-state index contributed by atoms with van der Waals surface area (Å²) in [6.45, 7) is 13.7. The van der Waals surface area contributed by atoms with E-state index >= 15 is 0 Å². The highest BCUT2D eigenvalue weighted by Gasteiger charge is 2.14. The van der Waals surface area contributed by atoms with Crippen molar-refractivity contribution in [3.8, 4) is 0 Å². The summed E-state index contributed by atoms with van der Waals surface area (Å²) in [5.41, 5.74) is 0. The Morgan fingerprint density at radius 1 is 0.245 bits per heavy atom. The van der Waals surface area contributed by atoms with Crippen LogP contribution in [0.5, 0.6) is 0 Å². The molecule has 3 heteroatoms. The highest BCUT2D eigenvalue weighted by atomic mass is 35.5. The van der Waals surface area contributed by atoms with Gasteiger partial charge in [-0.3, -0.25) is 0 Å². The summed E-state index contributed by atoms with van der Waals surface area (Å²) in [5.74, 6) is 0. The average molecular weight is 770 g/mol. The summed E-state index contributed by atoms with van der Waals surface area (Å²) in [6.07, 6.45) is 58.2. The van der Waals surface area contributed by atoms with E-state index in [1.807, 2.05) is 0 Å². The largest absolute Gasteiger partial charge is 1.00 e. The van der Waals surface area contributed by atoms with Crippen LogP contribution in [-0.4, -0.2) is 56.2 Å². The van der Waals surface area contributed by atoms with Crippen molar-refractivity contribution >= 4 is 0 Å². The Morgan fingerprint density at radius 3 is 0.660 bits per heavy atom. The lowest BCUT2D eigenvalue weighted by molar-refractivity contribution is -0.890. The van der Waals surface area contributed by atoms with Gasteiger partial charge in [0.25, 0.3) is 0 Å². The standard InChI is InChI=1S/C50H105N2.ClH/c1-6-9-12-15-18-21-24-25-26-27-28-29-30-31-34-37-40-44-49-52(4,5)50-45-43-48-51(46-41-38-35-32-22-19-16-13-10-7-2)47-42-39-36-33-23-20-17-14-11-8-3;/h6-50H2,1-5H3;1H/q+1;/p-1. The highest BCUT2D eigenvalue weighted by molar-refractivity contribution is 4.61. The molecule has 0 atom stereocenters. The zero-order valence-corrected chi connectivity index (χ0v) is 38.8. The summed E-state index contributed by atoms with van der Waals surface area (Å²) in [7, 11) is 5.00. The molecular formula is C50H105ClN2. The maximum absolute atomic E-state index is 2.87. The Morgan fingerprint density at radius 2 is 0.415 bits per heavy atom. The molecule has 0 amide bonds. The molecule has 0 saturated carbocycles. The fourth-order valence-corrected chi connectivity index (χ4v) is 8.41. The van der Waals surface area contributed by atoms with Gasteiger partial charge < -0.3 is 21.8 Å². The minimum absolute atomic E-state index is 0. The van der Waals surface area contributed by atoms with Gasteiger partial charge in [-0.2, -0.15) is 0 Å². The van der Waals surface area contributed by atoms with E-state index in [0.717, 1.165) is 0 Å². The monoisotopic (exact) mass is 769 g/mol. The molecular weight excluding hydrogens is 664 g/mol. The van der Waals surface area contributed by atoms with Crippen molar-refractivity contribution in [1.82, 2.24) is 4.90 Å². The van der Waals surface area contributed by atoms with Gasteiger partial charge >= 0.3 is 0 Å². The lowest BCUT2D eigenvalue weighted by atomic mass is 10.0. The molecule has 0 N–H and O–H groups in total. The molecule has 0 unspecified atom stereocenters. The molecule has 0 aliphatic carbocycles. The third-order valence-electron chi connectivity index (χ3n) is 12.3. The van der Waals surface area contributed by atoms with Crippen LogP contribution in [0.2, 0.25) is 0 Å². The van der Waals surface area contributed by atoms with E-state index in [0.29, 0.717) is 0 Å². The van der Waals surface area contributed by atoms with Crippen molar-refractivity contribution in [3.63, 3.8) is 0 Å². The molecule has 2 nitrogen and oxygen atoms in total. The van der Waals surface area contributed by atoms with Gasteiger partial charge in [0.15, 0.2) is 0 Å². The van der Waals surface area contributed by atoms with Gasteiger partial charge in [0.05, 0.1) is 27.2 Å². The molecule has 0 aliphatic heterocycles. The molecule has 0 fully saturated rings. The van der Waals surface area contributed by atoms with Crippen LogP contribution < -0.4 is 12.4 Å². The average Bonchev–Trinajstić information content (AvgIpc) is 3.14. The van der Waals surface area contributed by atoms with E-state index in [2.05, 4.69) is 39.8 Å². The third-order valence-corrected chi connectivity index (χ3v) is 12.3. The molecule has 0 rings (SSSR count). The Balaban J connectivity index is 0. The highest BCUT2D eigenvalue weighted by Crippen LogP contribution is 2.17. The normalized spacial score (nSPS) is 11.9. The maximum atomic E-state index is 2.87. The summed E-state index contributed by atoms with van der Waals surface area (Å²) < 4.78 is 1.23. The van der Waals surface area contributed by atoms with Gasteiger partial charge in [-0.15, -0.1) is 0 Å². The van der Waals surface area contributed by atoms with Gasteiger partial charge in [-0.25, -0.2) is 0 Å². The molecule has 53 heavy (non-hydrogen) atoms. The number of halogens is 1. The molecule has 0 aromatic heterocycles. The number of unbranched alkanes of at least 4 members (excludes halogenated alkanes) is 36. The Hall–Kier alpha value is 0.210. The zero-order chi connectivity index (χ0) is 37.9. The van der Waals surface area contributed by atoms with Crippen LogP contribution in [0, 0.1) is 0 Å². The smallest absolute Gasteiger partial charge is 0.0782 e. The molecule has 0 saturated heterocycles. The van der Waals surface area contributed by atoms with Crippen molar-refractivity contribution in [1.29, 1.82) is 0 Å². The van der Waals surface area contributed by atoms with Crippen LogP contribution in [0.4, 0.5) is 0 Å². The van der Waals surface area contributed by atoms with Crippen LogP contribution >= 0.6 is 0 Å². The van der Waals surface area contributed by atoms with Gasteiger partial charge in [0.2, 0.25) is 0 Å². The van der Waals surface area contributed by atoms with Crippen molar-refractivity contribution < 1.29 is 16.9 Å². The summed E-state index contributed by atoms with van der Waals surface area (Å²) in [5, 5.41) is 0. The summed E-state index contributed by atoms with van der Waals surface area (Å²) in [4.78, 5) is 2.87. The van der Waals surface area contributed by atoms with Crippen LogP contribution in [0.3, 0.4) is 0 Å². The molecule has 0 heterocycles. The van der Waals surface area contributed by atoms with Crippen molar-refractivity contribution in [3.05, 3.63) is 0 Å². The maximum Gasteiger partial charge on any atom is 0.0782 e. The summed E-state index contributed by atoms with van der Waals surface area (Å²) >= 11 is 0. The van der Waals surface area contributed by atoms with E-state index in [4.69, 9.17) is 0 Å². The van der Waals surface area contributed by atoms with E-state index < -0.39 is 0 Å². The lowest BCUT2D eigenvalue weighted by Gasteiger charge is -2.30. The quantitative estimate of drug-likeness (QED) is 0.0440. The Bertz CT molecular complexity index is 613. The van der Waals surface area contributed by atoms with Crippen LogP contribution in [0.25, 0.3) is 0 Å². The molecule has 322 valence electrons. The van der Waals surface area contributed by atoms with Crippen LogP contribution in [0.15, 0.2) is 0 Å². The van der Waals surface area contributed by atoms with Crippen molar-refractivity contribution in [2.45, 2.75) is 278 Å². The predicted octanol–water partition coefficient (Wildman–Crippen LogP) is 14.0. The van der Waals surface area contributed by atoms with E-state index in [1.165, 1.54) is 294 Å². The van der Waals surface area contributed by atoms with Crippen molar-refractivity contribution in [2.75, 3.05) is 46.8 Å². The molecule has 0 aromatic rings. The molecule has 0 aromatic carbocycles. The molecule has 0 aliphatic rings. The van der Waals surface area contributed by atoms with Gasteiger partial charge in [0, 0.05) is 0 Å². The number of hydrogen-bond acceptors (Lipinski definition) is 1. The molecule has 0 bridgehead atoms. The van der Waals surface area contributed by atoms with Crippen molar-refractivity contribution in [2.24, 2.45) is 0 Å². The number of quaternary nitrogens is 1. The predicted molar refractivity (Wildman–Crippen MR) is 240 cm³/mol. The molecule has 0 radical (unpaired) electrons. The second-order valence-electron chi connectivity index (χ2n) is 18.3. The zero-order valence-electron chi connectivity index (χ0n) is 38.1. The molecule has 0 spiro atoms. The minimum atomic E-state index is 0. The third kappa shape index (κ3) is 46.5. The first-order valence-electron chi connectivity index (χ1n) is 25.1. The van der Waals surface area contributed by atoms with Gasteiger partial charge in [-0.05, 0) is 58.2 Å².